The van der Waals surface area contributed by atoms with E-state index < -0.39 is 0 Å². The van der Waals surface area contributed by atoms with E-state index in [1.165, 1.54) is 41.1 Å². The van der Waals surface area contributed by atoms with E-state index in [-0.39, 0.29) is 0 Å². The van der Waals surface area contributed by atoms with Gasteiger partial charge in [0.1, 0.15) is 22.3 Å². The number of hydrogen-bond acceptors (Lipinski definition) is 4. The lowest BCUT2D eigenvalue weighted by atomic mass is 10.2. The van der Waals surface area contributed by atoms with Crippen molar-refractivity contribution in [2.24, 2.45) is 0 Å². The zero-order valence-corrected chi connectivity index (χ0v) is 14.4. The fraction of sp³-hybridized carbons (Fsp3) is 0.222. The summed E-state index contributed by atoms with van der Waals surface area (Å²) in [7, 11) is 0. The zero-order valence-electron chi connectivity index (χ0n) is 12.8. The van der Waals surface area contributed by atoms with Crippen LogP contribution in [0, 0.1) is 27.7 Å². The van der Waals surface area contributed by atoms with Crippen molar-refractivity contribution in [3.8, 4) is 0 Å². The predicted molar refractivity (Wildman–Crippen MR) is 95.7 cm³/mol. The van der Waals surface area contributed by atoms with Gasteiger partial charge in [0.25, 0.3) is 0 Å². The van der Waals surface area contributed by atoms with Crippen LogP contribution >= 0.6 is 22.7 Å². The molecule has 0 bridgehead atoms. The van der Waals surface area contributed by atoms with E-state index in [1.54, 1.807) is 0 Å². The Labute approximate surface area is 134 Å². The summed E-state index contributed by atoms with van der Waals surface area (Å²) in [6, 6.07) is 4.29. The topological polar surface area (TPSA) is 26.3 Å². The van der Waals surface area contributed by atoms with Gasteiger partial charge in [0.2, 0.25) is 0 Å². The van der Waals surface area contributed by atoms with Gasteiger partial charge in [-0.05, 0) is 33.8 Å². The SMILES string of the molecule is Cc1sc2c(oc3cc4oc5c(C)c(C)sc5c4cc32)c1C. The highest BCUT2D eigenvalue weighted by molar-refractivity contribution is 7.20. The molecule has 0 spiro atoms. The maximum absolute atomic E-state index is 6.09. The van der Waals surface area contributed by atoms with Crippen LogP contribution in [0.25, 0.3) is 42.5 Å². The van der Waals surface area contributed by atoms with Crippen LogP contribution in [-0.2, 0) is 0 Å². The van der Waals surface area contributed by atoms with E-state index in [4.69, 9.17) is 8.83 Å². The van der Waals surface area contributed by atoms with Gasteiger partial charge in [0.05, 0.1) is 9.40 Å². The van der Waals surface area contributed by atoms with Gasteiger partial charge >= 0.3 is 0 Å². The first-order chi connectivity index (χ1) is 10.5. The van der Waals surface area contributed by atoms with E-state index in [1.807, 2.05) is 28.7 Å². The molecule has 4 heteroatoms. The van der Waals surface area contributed by atoms with Crippen molar-refractivity contribution in [2.75, 3.05) is 0 Å². The van der Waals surface area contributed by atoms with Gasteiger partial charge in [-0.1, -0.05) is 0 Å². The smallest absolute Gasteiger partial charge is 0.149 e. The monoisotopic (exact) mass is 326 g/mol. The molecule has 2 nitrogen and oxygen atoms in total. The molecule has 0 aliphatic rings. The minimum absolute atomic E-state index is 0.924. The van der Waals surface area contributed by atoms with Crippen molar-refractivity contribution in [2.45, 2.75) is 27.7 Å². The molecule has 0 atom stereocenters. The second kappa shape index (κ2) is 3.94. The summed E-state index contributed by atoms with van der Waals surface area (Å²) in [6.07, 6.45) is 0. The van der Waals surface area contributed by atoms with Crippen LogP contribution in [0.4, 0.5) is 0 Å². The maximum atomic E-state index is 6.09. The quantitative estimate of drug-likeness (QED) is 0.311. The molecule has 1 aromatic carbocycles. The third kappa shape index (κ3) is 1.40. The lowest BCUT2D eigenvalue weighted by Gasteiger charge is -1.92. The summed E-state index contributed by atoms with van der Waals surface area (Å²) in [4.78, 5) is 2.66. The third-order valence-corrected chi connectivity index (χ3v) is 7.10. The molecule has 4 heterocycles. The predicted octanol–water partition coefficient (Wildman–Crippen LogP) is 6.84. The third-order valence-electron chi connectivity index (χ3n) is 4.66. The Morgan fingerprint density at radius 1 is 0.682 bits per heavy atom. The van der Waals surface area contributed by atoms with Crippen molar-refractivity contribution in [3.63, 3.8) is 0 Å². The van der Waals surface area contributed by atoms with Gasteiger partial charge in [-0.25, -0.2) is 0 Å². The maximum Gasteiger partial charge on any atom is 0.149 e. The van der Waals surface area contributed by atoms with Crippen LogP contribution in [0.2, 0.25) is 0 Å². The number of fused-ring (bicyclic) bond motifs is 6. The molecular weight excluding hydrogens is 312 g/mol. The molecule has 5 aromatic rings. The molecule has 0 unspecified atom stereocenters. The van der Waals surface area contributed by atoms with Crippen molar-refractivity contribution >= 4 is 65.2 Å². The van der Waals surface area contributed by atoms with Crippen molar-refractivity contribution in [3.05, 3.63) is 33.0 Å². The van der Waals surface area contributed by atoms with Crippen molar-refractivity contribution in [1.29, 1.82) is 0 Å². The number of aryl methyl sites for hydroxylation is 4. The molecule has 5 rings (SSSR count). The molecule has 0 fully saturated rings. The molecule has 110 valence electrons. The molecule has 0 aliphatic heterocycles. The van der Waals surface area contributed by atoms with Crippen LogP contribution in [-0.4, -0.2) is 0 Å². The van der Waals surface area contributed by atoms with Gasteiger partial charge in [0, 0.05) is 37.7 Å². The van der Waals surface area contributed by atoms with E-state index in [2.05, 4.69) is 33.8 Å². The van der Waals surface area contributed by atoms with Gasteiger partial charge in [-0.2, -0.15) is 0 Å². The van der Waals surface area contributed by atoms with Crippen LogP contribution in [0.3, 0.4) is 0 Å². The minimum atomic E-state index is 0.924. The summed E-state index contributed by atoms with van der Waals surface area (Å²) in [5.41, 5.74) is 6.40. The second-order valence-electron chi connectivity index (χ2n) is 5.93. The highest BCUT2D eigenvalue weighted by Gasteiger charge is 2.19. The van der Waals surface area contributed by atoms with Gasteiger partial charge in [0.15, 0.2) is 0 Å². The first-order valence-corrected chi connectivity index (χ1v) is 8.92. The Morgan fingerprint density at radius 3 is 1.59 bits per heavy atom. The Balaban J connectivity index is 2.00. The Kier molecular flexibility index (Phi) is 2.28. The highest BCUT2D eigenvalue weighted by atomic mass is 32.1. The van der Waals surface area contributed by atoms with E-state index in [0.717, 1.165) is 22.3 Å². The standard InChI is InChI=1S/C18H14O2S2/c1-7-9(3)21-17-11-5-12-14(6-13(11)19-15(7)17)20-16-8(2)10(4)22-18(12)16/h5-6H,1-4H3. The first-order valence-electron chi connectivity index (χ1n) is 7.29. The van der Waals surface area contributed by atoms with Gasteiger partial charge in [-0.15, -0.1) is 22.7 Å². The van der Waals surface area contributed by atoms with Crippen LogP contribution in [0.1, 0.15) is 20.9 Å². The summed E-state index contributed by atoms with van der Waals surface area (Å²) in [5.74, 6) is 0. The van der Waals surface area contributed by atoms with Crippen molar-refractivity contribution < 1.29 is 8.83 Å². The van der Waals surface area contributed by atoms with Crippen LogP contribution < -0.4 is 0 Å². The highest BCUT2D eigenvalue weighted by Crippen LogP contribution is 2.44. The number of rotatable bonds is 0. The number of thiophene rings is 2. The molecular formula is C18H14O2S2. The van der Waals surface area contributed by atoms with E-state index in [9.17, 15) is 0 Å². The molecule has 0 radical (unpaired) electrons. The summed E-state index contributed by atoms with van der Waals surface area (Å²) < 4.78 is 14.7. The first kappa shape index (κ1) is 12.7. The fourth-order valence-electron chi connectivity index (χ4n) is 3.12. The van der Waals surface area contributed by atoms with Crippen LogP contribution in [0.5, 0.6) is 0 Å². The van der Waals surface area contributed by atoms with Crippen LogP contribution in [0.15, 0.2) is 21.0 Å². The average molecular weight is 326 g/mol. The molecule has 0 N–H and O–H groups in total. The van der Waals surface area contributed by atoms with Gasteiger partial charge < -0.3 is 8.83 Å². The number of hydrogen-bond donors (Lipinski definition) is 0. The molecule has 0 amide bonds. The molecule has 0 saturated heterocycles. The summed E-state index contributed by atoms with van der Waals surface area (Å²) in [6.45, 7) is 8.57. The average Bonchev–Trinajstić information content (AvgIpc) is 3.16. The largest absolute Gasteiger partial charge is 0.455 e. The molecule has 0 saturated carbocycles. The number of benzene rings is 1. The Hall–Kier alpha value is -1.78. The lowest BCUT2D eigenvalue weighted by molar-refractivity contribution is 0.654. The van der Waals surface area contributed by atoms with Gasteiger partial charge in [-0.3, -0.25) is 0 Å². The minimum Gasteiger partial charge on any atom is -0.455 e. The number of furan rings is 2. The Bertz CT molecular complexity index is 1120. The molecule has 0 aliphatic carbocycles. The lowest BCUT2D eigenvalue weighted by Crippen LogP contribution is -1.68. The van der Waals surface area contributed by atoms with E-state index >= 15 is 0 Å². The normalized spacial score (nSPS) is 12.5. The second-order valence-corrected chi connectivity index (χ2v) is 8.38. The molecule has 4 aromatic heterocycles. The molecule has 22 heavy (non-hydrogen) atoms. The van der Waals surface area contributed by atoms with E-state index in [0.29, 0.717) is 0 Å². The summed E-state index contributed by atoms with van der Waals surface area (Å²) >= 11 is 3.64. The Morgan fingerprint density at radius 2 is 1.14 bits per heavy atom. The zero-order chi connectivity index (χ0) is 15.2. The van der Waals surface area contributed by atoms with Crippen molar-refractivity contribution in [1.82, 2.24) is 0 Å². The fourth-order valence-corrected chi connectivity index (χ4v) is 5.34. The summed E-state index contributed by atoms with van der Waals surface area (Å²) in [5, 5.41) is 2.41.